The summed E-state index contributed by atoms with van der Waals surface area (Å²) in [5.41, 5.74) is 1.97. The second-order valence-electron chi connectivity index (χ2n) is 6.62. The minimum atomic E-state index is -0.689. The van der Waals surface area contributed by atoms with Crippen molar-refractivity contribution in [2.45, 2.75) is 19.6 Å². The summed E-state index contributed by atoms with van der Waals surface area (Å²) >= 11 is 0. The van der Waals surface area contributed by atoms with Crippen molar-refractivity contribution >= 4 is 5.97 Å². The molecular formula is C24H20N2O4. The third-order valence-electron chi connectivity index (χ3n) is 4.47. The van der Waals surface area contributed by atoms with Crippen LogP contribution in [0.15, 0.2) is 89.3 Å². The van der Waals surface area contributed by atoms with E-state index < -0.39 is 12.1 Å². The van der Waals surface area contributed by atoms with Crippen LogP contribution in [0.2, 0.25) is 0 Å². The molecule has 6 nitrogen and oxygen atoms in total. The normalized spacial score (nSPS) is 11.6. The Hall–Kier alpha value is -3.93. The summed E-state index contributed by atoms with van der Waals surface area (Å²) in [6.45, 7) is 1.95. The summed E-state index contributed by atoms with van der Waals surface area (Å²) in [6, 6.07) is 26.0. The molecule has 0 aliphatic heterocycles. The standard InChI is InChI=1S/C24H20N2O4/c1-17(22-25-26-23(30-22)18-10-4-2-5-11-18)29-24(27)21-15-9-8-12-19(21)16-28-20-13-6-3-7-14-20/h2-15,17H,16H2,1H3. The Bertz CT molecular complexity index is 1110. The molecule has 1 unspecified atom stereocenters. The van der Waals surface area contributed by atoms with Gasteiger partial charge in [0.05, 0.1) is 5.56 Å². The number of carbonyl (C=O) groups excluding carboxylic acids is 1. The number of hydrogen-bond donors (Lipinski definition) is 0. The Kier molecular flexibility index (Phi) is 5.85. The average Bonchev–Trinajstić information content (AvgIpc) is 3.30. The Morgan fingerprint density at radius 3 is 2.33 bits per heavy atom. The van der Waals surface area contributed by atoms with Crippen molar-refractivity contribution in [2.75, 3.05) is 0 Å². The van der Waals surface area contributed by atoms with Gasteiger partial charge in [-0.3, -0.25) is 0 Å². The van der Waals surface area contributed by atoms with Crippen molar-refractivity contribution < 1.29 is 18.7 Å². The van der Waals surface area contributed by atoms with Crippen LogP contribution in [-0.2, 0) is 11.3 Å². The Labute approximate surface area is 174 Å². The molecule has 0 bridgehead atoms. The fraction of sp³-hybridized carbons (Fsp3) is 0.125. The zero-order chi connectivity index (χ0) is 20.8. The molecule has 3 aromatic carbocycles. The highest BCUT2D eigenvalue weighted by atomic mass is 16.6. The lowest BCUT2D eigenvalue weighted by molar-refractivity contribution is 0.0277. The van der Waals surface area contributed by atoms with Gasteiger partial charge >= 0.3 is 5.97 Å². The van der Waals surface area contributed by atoms with Gasteiger partial charge < -0.3 is 13.9 Å². The summed E-state index contributed by atoms with van der Waals surface area (Å²) in [4.78, 5) is 12.8. The van der Waals surface area contributed by atoms with Crippen LogP contribution < -0.4 is 4.74 Å². The number of benzene rings is 3. The maximum absolute atomic E-state index is 12.8. The van der Waals surface area contributed by atoms with Gasteiger partial charge in [0.1, 0.15) is 12.4 Å². The molecule has 150 valence electrons. The lowest BCUT2D eigenvalue weighted by Crippen LogP contribution is -2.12. The second kappa shape index (κ2) is 9.05. The van der Waals surface area contributed by atoms with Gasteiger partial charge in [-0.15, -0.1) is 10.2 Å². The molecule has 1 aromatic heterocycles. The van der Waals surface area contributed by atoms with Gasteiger partial charge in [0.25, 0.3) is 5.89 Å². The Morgan fingerprint density at radius 2 is 1.57 bits per heavy atom. The maximum atomic E-state index is 12.8. The number of para-hydroxylation sites is 1. The van der Waals surface area contributed by atoms with Gasteiger partial charge in [-0.25, -0.2) is 4.79 Å². The molecule has 0 aliphatic rings. The van der Waals surface area contributed by atoms with Gasteiger partial charge in [0, 0.05) is 11.1 Å². The van der Waals surface area contributed by atoms with Gasteiger partial charge in [-0.2, -0.15) is 0 Å². The third kappa shape index (κ3) is 4.55. The van der Waals surface area contributed by atoms with E-state index in [1.54, 1.807) is 19.1 Å². The fourth-order valence-corrected chi connectivity index (χ4v) is 2.89. The van der Waals surface area contributed by atoms with Gasteiger partial charge in [0.2, 0.25) is 5.89 Å². The summed E-state index contributed by atoms with van der Waals surface area (Å²) < 4.78 is 17.0. The number of aromatic nitrogens is 2. The number of carbonyl (C=O) groups is 1. The zero-order valence-electron chi connectivity index (χ0n) is 16.4. The lowest BCUT2D eigenvalue weighted by Gasteiger charge is -2.13. The zero-order valence-corrected chi connectivity index (χ0v) is 16.4. The molecule has 0 fully saturated rings. The van der Waals surface area contributed by atoms with Gasteiger partial charge in [-0.1, -0.05) is 54.6 Å². The fourth-order valence-electron chi connectivity index (χ4n) is 2.89. The van der Waals surface area contributed by atoms with E-state index >= 15 is 0 Å². The molecule has 0 aliphatic carbocycles. The number of nitrogens with zero attached hydrogens (tertiary/aromatic N) is 2. The van der Waals surface area contributed by atoms with Crippen molar-refractivity contribution in [3.8, 4) is 17.2 Å². The van der Waals surface area contributed by atoms with E-state index in [9.17, 15) is 4.79 Å². The van der Waals surface area contributed by atoms with Crippen LogP contribution >= 0.6 is 0 Å². The number of rotatable bonds is 7. The molecular weight excluding hydrogens is 380 g/mol. The molecule has 0 amide bonds. The van der Waals surface area contributed by atoms with Crippen LogP contribution in [0.4, 0.5) is 0 Å². The maximum Gasteiger partial charge on any atom is 0.339 e. The molecule has 0 spiro atoms. The minimum absolute atomic E-state index is 0.236. The highest BCUT2D eigenvalue weighted by molar-refractivity contribution is 5.91. The van der Waals surface area contributed by atoms with E-state index in [0.717, 1.165) is 16.9 Å². The number of esters is 1. The molecule has 30 heavy (non-hydrogen) atoms. The molecule has 4 rings (SSSR count). The molecule has 1 heterocycles. The van der Waals surface area contributed by atoms with E-state index in [2.05, 4.69) is 10.2 Å². The summed E-state index contributed by atoms with van der Waals surface area (Å²) in [7, 11) is 0. The first-order valence-electron chi connectivity index (χ1n) is 9.56. The van der Waals surface area contributed by atoms with Crippen molar-refractivity contribution in [1.82, 2.24) is 10.2 Å². The summed E-state index contributed by atoms with van der Waals surface area (Å²) in [6.07, 6.45) is -0.689. The van der Waals surface area contributed by atoms with Crippen LogP contribution in [0.25, 0.3) is 11.5 Å². The molecule has 0 saturated carbocycles. The van der Waals surface area contributed by atoms with E-state index in [1.807, 2.05) is 72.8 Å². The minimum Gasteiger partial charge on any atom is -0.489 e. The first kappa shape index (κ1) is 19.4. The van der Waals surface area contributed by atoms with Crippen LogP contribution in [0.3, 0.4) is 0 Å². The number of ether oxygens (including phenoxy) is 2. The van der Waals surface area contributed by atoms with Crippen LogP contribution in [0, 0.1) is 0 Å². The Balaban J connectivity index is 1.44. The van der Waals surface area contributed by atoms with Crippen LogP contribution in [-0.4, -0.2) is 16.2 Å². The van der Waals surface area contributed by atoms with E-state index in [-0.39, 0.29) is 12.5 Å². The average molecular weight is 400 g/mol. The highest BCUT2D eigenvalue weighted by Gasteiger charge is 2.21. The molecule has 1 atom stereocenters. The van der Waals surface area contributed by atoms with Crippen molar-refractivity contribution in [2.24, 2.45) is 0 Å². The predicted octanol–water partition coefficient (Wildman–Crippen LogP) is 5.23. The molecule has 0 N–H and O–H groups in total. The highest BCUT2D eigenvalue weighted by Crippen LogP contribution is 2.24. The van der Waals surface area contributed by atoms with E-state index in [1.165, 1.54) is 0 Å². The largest absolute Gasteiger partial charge is 0.489 e. The quantitative estimate of drug-likeness (QED) is 0.395. The first-order chi connectivity index (χ1) is 14.7. The van der Waals surface area contributed by atoms with Crippen LogP contribution in [0.1, 0.15) is 34.8 Å². The Morgan fingerprint density at radius 1 is 0.900 bits per heavy atom. The lowest BCUT2D eigenvalue weighted by atomic mass is 10.1. The first-order valence-corrected chi connectivity index (χ1v) is 9.56. The summed E-state index contributed by atoms with van der Waals surface area (Å²) in [5, 5.41) is 8.06. The van der Waals surface area contributed by atoms with Crippen LogP contribution in [0.5, 0.6) is 5.75 Å². The molecule has 0 radical (unpaired) electrons. The SMILES string of the molecule is CC(OC(=O)c1ccccc1COc1ccccc1)c1nnc(-c2ccccc2)o1. The predicted molar refractivity (Wildman–Crippen MR) is 111 cm³/mol. The molecule has 4 aromatic rings. The smallest absolute Gasteiger partial charge is 0.339 e. The second-order valence-corrected chi connectivity index (χ2v) is 6.62. The third-order valence-corrected chi connectivity index (χ3v) is 4.47. The van der Waals surface area contributed by atoms with Crippen molar-refractivity contribution in [1.29, 1.82) is 0 Å². The van der Waals surface area contributed by atoms with E-state index in [4.69, 9.17) is 13.9 Å². The van der Waals surface area contributed by atoms with Gasteiger partial charge in [0.15, 0.2) is 6.10 Å². The molecule has 0 saturated heterocycles. The van der Waals surface area contributed by atoms with Gasteiger partial charge in [-0.05, 0) is 37.3 Å². The summed E-state index contributed by atoms with van der Waals surface area (Å²) in [5.74, 6) is 0.868. The van der Waals surface area contributed by atoms with E-state index in [0.29, 0.717) is 11.5 Å². The monoisotopic (exact) mass is 400 g/mol. The van der Waals surface area contributed by atoms with Crippen molar-refractivity contribution in [3.63, 3.8) is 0 Å². The van der Waals surface area contributed by atoms with Crippen molar-refractivity contribution in [3.05, 3.63) is 102 Å². The topological polar surface area (TPSA) is 74.5 Å². The number of hydrogen-bond acceptors (Lipinski definition) is 6. The molecule has 6 heteroatoms.